The van der Waals surface area contributed by atoms with E-state index in [-0.39, 0.29) is 0 Å². The van der Waals surface area contributed by atoms with Gasteiger partial charge in [-0.05, 0) is 25.0 Å². The summed E-state index contributed by atoms with van der Waals surface area (Å²) in [5.74, 6) is 0.768. The van der Waals surface area contributed by atoms with Gasteiger partial charge < -0.3 is 4.90 Å². The molecule has 0 atom stereocenters. The Morgan fingerprint density at radius 2 is 2.38 bits per heavy atom. The van der Waals surface area contributed by atoms with Gasteiger partial charge in [-0.2, -0.15) is 5.26 Å². The fraction of sp³-hybridized carbons (Fsp3) is 0.385. The Kier molecular flexibility index (Phi) is 4.53. The van der Waals surface area contributed by atoms with Gasteiger partial charge >= 0.3 is 0 Å². The third kappa shape index (κ3) is 2.60. The lowest BCUT2D eigenvalue weighted by atomic mass is 10.1. The summed E-state index contributed by atoms with van der Waals surface area (Å²) in [5.41, 5.74) is 1.63. The predicted molar refractivity (Wildman–Crippen MR) is 66.4 cm³/mol. The molecule has 0 saturated carbocycles. The van der Waals surface area contributed by atoms with E-state index in [0.29, 0.717) is 5.56 Å². The number of hydrogen-bond donors (Lipinski definition) is 0. The molecular weight excluding hydrogens is 198 g/mol. The van der Waals surface area contributed by atoms with Crippen LogP contribution in [-0.4, -0.2) is 18.1 Å². The number of anilines is 1. The van der Waals surface area contributed by atoms with Crippen molar-refractivity contribution in [3.63, 3.8) is 0 Å². The Balaban J connectivity index is 3.13. The van der Waals surface area contributed by atoms with E-state index in [2.05, 4.69) is 29.5 Å². The van der Waals surface area contributed by atoms with Crippen LogP contribution in [0, 0.1) is 18.3 Å². The molecule has 0 amide bonds. The van der Waals surface area contributed by atoms with Crippen LogP contribution in [0.3, 0.4) is 0 Å². The van der Waals surface area contributed by atoms with Gasteiger partial charge in [-0.25, -0.2) is 4.98 Å². The molecule has 3 nitrogen and oxygen atoms in total. The molecule has 1 heterocycles. The third-order valence-corrected chi connectivity index (χ3v) is 2.39. The Morgan fingerprint density at radius 1 is 1.62 bits per heavy atom. The van der Waals surface area contributed by atoms with Crippen LogP contribution < -0.4 is 4.90 Å². The largest absolute Gasteiger partial charge is 0.352 e. The molecule has 0 aromatic carbocycles. The first-order chi connectivity index (χ1) is 7.74. The first-order valence-electron chi connectivity index (χ1n) is 5.46. The van der Waals surface area contributed by atoms with E-state index >= 15 is 0 Å². The number of nitriles is 1. The maximum absolute atomic E-state index is 9.14. The first-order valence-corrected chi connectivity index (χ1v) is 5.46. The van der Waals surface area contributed by atoms with Gasteiger partial charge in [0.15, 0.2) is 0 Å². The molecule has 3 heteroatoms. The zero-order valence-corrected chi connectivity index (χ0v) is 9.90. The molecule has 0 radical (unpaired) electrons. The van der Waals surface area contributed by atoms with E-state index in [9.17, 15) is 0 Å². The van der Waals surface area contributed by atoms with Crippen molar-refractivity contribution in [2.75, 3.05) is 18.0 Å². The van der Waals surface area contributed by atoms with Crippen molar-refractivity contribution in [1.82, 2.24) is 4.98 Å². The van der Waals surface area contributed by atoms with Crippen LogP contribution in [-0.2, 0) is 0 Å². The second-order valence-corrected chi connectivity index (χ2v) is 3.67. The van der Waals surface area contributed by atoms with Crippen molar-refractivity contribution in [2.24, 2.45) is 0 Å². The van der Waals surface area contributed by atoms with E-state index in [1.165, 1.54) is 0 Å². The Bertz CT molecular complexity index is 404. The fourth-order valence-corrected chi connectivity index (χ4v) is 1.63. The van der Waals surface area contributed by atoms with Gasteiger partial charge in [0.25, 0.3) is 0 Å². The third-order valence-electron chi connectivity index (χ3n) is 2.39. The average Bonchev–Trinajstić information content (AvgIpc) is 2.28. The smallest absolute Gasteiger partial charge is 0.147 e. The van der Waals surface area contributed by atoms with Crippen molar-refractivity contribution in [3.05, 3.63) is 36.0 Å². The van der Waals surface area contributed by atoms with Crippen LogP contribution in [0.1, 0.15) is 24.5 Å². The molecular formula is C13H17N3. The van der Waals surface area contributed by atoms with Gasteiger partial charge in [0.2, 0.25) is 0 Å². The highest BCUT2D eigenvalue weighted by Crippen LogP contribution is 2.19. The maximum atomic E-state index is 9.14. The molecule has 0 unspecified atom stereocenters. The predicted octanol–water partition coefficient (Wildman–Crippen LogP) is 2.66. The van der Waals surface area contributed by atoms with Crippen LogP contribution in [0.5, 0.6) is 0 Å². The van der Waals surface area contributed by atoms with Crippen molar-refractivity contribution in [2.45, 2.75) is 20.3 Å². The van der Waals surface area contributed by atoms with E-state index in [1.54, 1.807) is 6.20 Å². The summed E-state index contributed by atoms with van der Waals surface area (Å²) in [6.45, 7) is 9.38. The van der Waals surface area contributed by atoms with Gasteiger partial charge in [-0.15, -0.1) is 6.58 Å². The van der Waals surface area contributed by atoms with Crippen LogP contribution in [0.4, 0.5) is 5.82 Å². The summed E-state index contributed by atoms with van der Waals surface area (Å²) in [6, 6.07) is 4.08. The SMILES string of the molecule is C=CCN(CCC)c1nccc(C)c1C#N. The summed E-state index contributed by atoms with van der Waals surface area (Å²) in [6.07, 6.45) is 4.60. The normalized spacial score (nSPS) is 9.56. The first kappa shape index (κ1) is 12.3. The van der Waals surface area contributed by atoms with Gasteiger partial charge in [0.05, 0.1) is 5.56 Å². The summed E-state index contributed by atoms with van der Waals surface area (Å²) < 4.78 is 0. The second-order valence-electron chi connectivity index (χ2n) is 3.67. The lowest BCUT2D eigenvalue weighted by Crippen LogP contribution is -2.26. The zero-order chi connectivity index (χ0) is 12.0. The molecule has 0 saturated heterocycles. The number of pyridine rings is 1. The monoisotopic (exact) mass is 215 g/mol. The lowest BCUT2D eigenvalue weighted by molar-refractivity contribution is 0.800. The minimum absolute atomic E-state index is 0.665. The molecule has 0 N–H and O–H groups in total. The molecule has 0 aliphatic rings. The van der Waals surface area contributed by atoms with E-state index in [1.807, 2.05) is 19.1 Å². The molecule has 0 bridgehead atoms. The summed E-state index contributed by atoms with van der Waals surface area (Å²) in [7, 11) is 0. The van der Waals surface area contributed by atoms with Crippen LogP contribution in [0.25, 0.3) is 0 Å². The standard InChI is InChI=1S/C13H17N3/c1-4-8-16(9-5-2)13-12(10-14)11(3)6-7-15-13/h4,6-7H,1,5,8-9H2,2-3H3. The van der Waals surface area contributed by atoms with Crippen molar-refractivity contribution >= 4 is 5.82 Å². The molecule has 1 aromatic rings. The highest BCUT2D eigenvalue weighted by atomic mass is 15.2. The minimum atomic E-state index is 0.665. The topological polar surface area (TPSA) is 39.9 Å². The summed E-state index contributed by atoms with van der Waals surface area (Å²) in [5, 5.41) is 9.14. The van der Waals surface area contributed by atoms with E-state index in [0.717, 1.165) is 30.9 Å². The molecule has 16 heavy (non-hydrogen) atoms. The van der Waals surface area contributed by atoms with E-state index in [4.69, 9.17) is 5.26 Å². The Hall–Kier alpha value is -1.82. The fourth-order valence-electron chi connectivity index (χ4n) is 1.63. The maximum Gasteiger partial charge on any atom is 0.147 e. The number of aryl methyl sites for hydroxylation is 1. The van der Waals surface area contributed by atoms with Crippen molar-refractivity contribution in [3.8, 4) is 6.07 Å². The minimum Gasteiger partial charge on any atom is -0.352 e. The van der Waals surface area contributed by atoms with E-state index < -0.39 is 0 Å². The van der Waals surface area contributed by atoms with Gasteiger partial charge in [-0.3, -0.25) is 0 Å². The molecule has 0 aliphatic carbocycles. The summed E-state index contributed by atoms with van der Waals surface area (Å²) in [4.78, 5) is 6.39. The van der Waals surface area contributed by atoms with Gasteiger partial charge in [0.1, 0.15) is 11.9 Å². The van der Waals surface area contributed by atoms with Crippen molar-refractivity contribution in [1.29, 1.82) is 5.26 Å². The quantitative estimate of drug-likeness (QED) is 0.709. The average molecular weight is 215 g/mol. The highest BCUT2D eigenvalue weighted by molar-refractivity contribution is 5.57. The Morgan fingerprint density at radius 3 is 2.94 bits per heavy atom. The second kappa shape index (κ2) is 5.92. The molecule has 84 valence electrons. The number of hydrogen-bond acceptors (Lipinski definition) is 3. The lowest BCUT2D eigenvalue weighted by Gasteiger charge is -2.22. The highest BCUT2D eigenvalue weighted by Gasteiger charge is 2.12. The molecule has 0 spiro atoms. The summed E-state index contributed by atoms with van der Waals surface area (Å²) >= 11 is 0. The van der Waals surface area contributed by atoms with Crippen LogP contribution in [0.15, 0.2) is 24.9 Å². The molecule has 1 aromatic heterocycles. The van der Waals surface area contributed by atoms with Crippen LogP contribution in [0.2, 0.25) is 0 Å². The van der Waals surface area contributed by atoms with Crippen LogP contribution >= 0.6 is 0 Å². The molecule has 1 rings (SSSR count). The molecule has 0 fully saturated rings. The number of aromatic nitrogens is 1. The number of nitrogens with zero attached hydrogens (tertiary/aromatic N) is 3. The molecule has 0 aliphatic heterocycles. The van der Waals surface area contributed by atoms with Crippen molar-refractivity contribution < 1.29 is 0 Å². The Labute approximate surface area is 97.0 Å². The van der Waals surface area contributed by atoms with Gasteiger partial charge in [-0.1, -0.05) is 13.0 Å². The van der Waals surface area contributed by atoms with Gasteiger partial charge in [0, 0.05) is 19.3 Å². The zero-order valence-electron chi connectivity index (χ0n) is 9.90. The number of rotatable bonds is 5.